The van der Waals surface area contributed by atoms with Gasteiger partial charge in [-0.05, 0) is 158 Å². The molecule has 0 radical (unpaired) electrons. The van der Waals surface area contributed by atoms with Gasteiger partial charge >= 0.3 is 5.71 Å². The van der Waals surface area contributed by atoms with Gasteiger partial charge < -0.3 is 14.9 Å². The Balaban J connectivity index is 0.797. The van der Waals surface area contributed by atoms with Gasteiger partial charge in [-0.25, -0.2) is 0 Å². The van der Waals surface area contributed by atoms with E-state index in [1.165, 1.54) is 138 Å². The Morgan fingerprint density at radius 3 is 1.33 bits per heavy atom. The predicted molar refractivity (Wildman–Crippen MR) is 311 cm³/mol. The molecule has 350 valence electrons. The van der Waals surface area contributed by atoms with E-state index in [4.69, 9.17) is 10.4 Å². The van der Waals surface area contributed by atoms with Crippen LogP contribution in [0.3, 0.4) is 0 Å². The highest BCUT2D eigenvalue weighted by molar-refractivity contribution is 6.29. The van der Waals surface area contributed by atoms with Gasteiger partial charge in [0.15, 0.2) is 0 Å². The van der Waals surface area contributed by atoms with Crippen molar-refractivity contribution in [2.24, 2.45) is 5.73 Å². The van der Waals surface area contributed by atoms with E-state index in [1.54, 1.807) is 0 Å². The third-order valence-electron chi connectivity index (χ3n) is 18.0. The molecule has 75 heavy (non-hydrogen) atoms. The molecule has 12 aromatic rings. The standard InChI is InChI=1S/C71H47N4/c1-42-47-34-36-63-65(67(47)70(55(42)38-40-72)56-20-8-2-14-48(56)49-15-3-9-21-57(49)70)52-18-6-12-24-61(52)74(63)45-30-26-43(27-31-45)44-28-32-46(33-29-44)75-62-25-13-7-19-53(62)66-64(75)37-35-54-68(66)71(60-39-41-73-69(54)60)58-22-10-4-16-50(58)51-17-5-11-23-59(51)71/h2-37,39,41H,38,40,72H2,1H3/q+1. The number of rotatable bonds is 5. The zero-order valence-corrected chi connectivity index (χ0v) is 41.3. The second-order valence-corrected chi connectivity index (χ2v) is 21.1. The molecule has 0 saturated carbocycles. The molecule has 0 amide bonds. The van der Waals surface area contributed by atoms with Crippen LogP contribution in [-0.4, -0.2) is 27.6 Å². The van der Waals surface area contributed by atoms with Crippen LogP contribution < -0.4 is 10.4 Å². The lowest BCUT2D eigenvalue weighted by atomic mass is 9.68. The maximum atomic E-state index is 6.53. The lowest BCUT2D eigenvalue weighted by Crippen LogP contribution is -2.29. The molecule has 2 N–H and O–H groups in total. The summed E-state index contributed by atoms with van der Waals surface area (Å²) in [5.74, 6) is 0. The van der Waals surface area contributed by atoms with Gasteiger partial charge in [0, 0.05) is 39.0 Å². The maximum Gasteiger partial charge on any atom is 0.339 e. The summed E-state index contributed by atoms with van der Waals surface area (Å²) >= 11 is 0. The summed E-state index contributed by atoms with van der Waals surface area (Å²) in [5.41, 5.74) is 36.1. The fourth-order valence-electron chi connectivity index (χ4n) is 15.3. The first-order valence-corrected chi connectivity index (χ1v) is 26.4. The van der Waals surface area contributed by atoms with Crippen LogP contribution in [0.1, 0.15) is 57.9 Å². The molecule has 0 fully saturated rings. The van der Waals surface area contributed by atoms with E-state index >= 15 is 0 Å². The zero-order valence-electron chi connectivity index (χ0n) is 41.3. The van der Waals surface area contributed by atoms with Crippen LogP contribution >= 0.6 is 0 Å². The summed E-state index contributed by atoms with van der Waals surface area (Å²) in [6.45, 7) is 2.92. The number of benzene rings is 10. The molecule has 2 spiro atoms. The first-order valence-electron chi connectivity index (χ1n) is 26.4. The van der Waals surface area contributed by atoms with E-state index in [2.05, 4.69) is 241 Å². The van der Waals surface area contributed by atoms with E-state index in [1.807, 2.05) is 6.21 Å². The monoisotopic (exact) mass is 955 g/mol. The summed E-state index contributed by atoms with van der Waals surface area (Å²) in [4.78, 5) is 0. The Morgan fingerprint density at radius 1 is 0.413 bits per heavy atom. The highest BCUT2D eigenvalue weighted by atomic mass is 15.0. The van der Waals surface area contributed by atoms with Crippen LogP contribution in [0, 0.1) is 0 Å². The topological polar surface area (TPSA) is 50.0 Å². The lowest BCUT2D eigenvalue weighted by molar-refractivity contribution is 0.721. The van der Waals surface area contributed by atoms with Crippen LogP contribution in [0.15, 0.2) is 236 Å². The molecular weight excluding hydrogens is 909 g/mol. The first-order chi connectivity index (χ1) is 37.1. The number of aromatic nitrogens is 2. The van der Waals surface area contributed by atoms with Crippen molar-refractivity contribution in [1.82, 2.24) is 13.8 Å². The molecule has 0 saturated heterocycles. The summed E-state index contributed by atoms with van der Waals surface area (Å²) < 4.78 is 10.0. The number of nitrogens with two attached hydrogens (primary N) is 1. The SMILES string of the molecule is CC1=C(CCN)C2(c3ccccc3-c3ccccc32)c2c1ccc1c2c2ccccc2n1-c1ccc(-c2ccc(-n3c4ccccc4c4c5c(ccc43)C3=[N+]=CC=C3C53c4ccccc4-c4ccccc43)cc2)cc1. The molecule has 3 heterocycles. The molecule has 0 bridgehead atoms. The molecular formula is C71H47N4+. The van der Waals surface area contributed by atoms with Crippen molar-refractivity contribution in [3.05, 3.63) is 280 Å². The smallest absolute Gasteiger partial charge is 0.330 e. The quantitative estimate of drug-likeness (QED) is 0.172. The minimum atomic E-state index is -0.473. The minimum Gasteiger partial charge on any atom is -0.330 e. The molecule has 4 heteroatoms. The zero-order chi connectivity index (χ0) is 49.3. The Kier molecular flexibility index (Phi) is 8.06. The van der Waals surface area contributed by atoms with Crippen molar-refractivity contribution in [2.45, 2.75) is 24.2 Å². The maximum absolute atomic E-state index is 6.53. The molecule has 0 atom stereocenters. The molecule has 17 rings (SSSR count). The normalized spacial score (nSPS) is 15.5. The summed E-state index contributed by atoms with van der Waals surface area (Å²) in [5, 5.41) is 5.12. The van der Waals surface area contributed by atoms with Crippen LogP contribution in [-0.2, 0) is 10.8 Å². The van der Waals surface area contributed by atoms with Crippen molar-refractivity contribution in [2.75, 3.05) is 6.54 Å². The van der Waals surface area contributed by atoms with E-state index in [0.29, 0.717) is 6.54 Å². The van der Waals surface area contributed by atoms with E-state index in [0.717, 1.165) is 23.5 Å². The Morgan fingerprint density at radius 2 is 0.840 bits per heavy atom. The van der Waals surface area contributed by atoms with Gasteiger partial charge in [0.25, 0.3) is 6.21 Å². The number of allylic oxidation sites excluding steroid dienone is 3. The number of fused-ring (bicyclic) bond motifs is 25. The van der Waals surface area contributed by atoms with Crippen LogP contribution in [0.4, 0.5) is 0 Å². The largest absolute Gasteiger partial charge is 0.339 e. The average Bonchev–Trinajstić information content (AvgIpc) is 4.52. The van der Waals surface area contributed by atoms with Crippen LogP contribution in [0.2, 0.25) is 0 Å². The van der Waals surface area contributed by atoms with Gasteiger partial charge in [-0.3, -0.25) is 0 Å². The fraction of sp³-hybridized carbons (Fsp3) is 0.0704. The molecule has 4 aliphatic carbocycles. The highest BCUT2D eigenvalue weighted by Crippen LogP contribution is 2.65. The number of hydrogen-bond donors (Lipinski definition) is 1. The van der Waals surface area contributed by atoms with Crippen LogP contribution in [0.25, 0.3) is 93.9 Å². The lowest BCUT2D eigenvalue weighted by Gasteiger charge is -2.33. The van der Waals surface area contributed by atoms with E-state index < -0.39 is 10.8 Å². The first kappa shape index (κ1) is 41.2. The third kappa shape index (κ3) is 4.90. The van der Waals surface area contributed by atoms with Gasteiger partial charge in [0.05, 0.1) is 44.0 Å². The van der Waals surface area contributed by atoms with Gasteiger partial charge in [-0.2, -0.15) is 0 Å². The minimum absolute atomic E-state index is 0.433. The number of nitrogens with zero attached hydrogens (tertiary/aromatic N) is 3. The Bertz CT molecular complexity index is 4610. The van der Waals surface area contributed by atoms with E-state index in [9.17, 15) is 0 Å². The second-order valence-electron chi connectivity index (χ2n) is 21.1. The van der Waals surface area contributed by atoms with Gasteiger partial charge in [-0.1, -0.05) is 168 Å². The van der Waals surface area contributed by atoms with Crippen LogP contribution in [0.5, 0.6) is 0 Å². The van der Waals surface area contributed by atoms with Gasteiger partial charge in [0.2, 0.25) is 0 Å². The van der Waals surface area contributed by atoms with Crippen molar-refractivity contribution < 1.29 is 0 Å². The van der Waals surface area contributed by atoms with Crippen molar-refractivity contribution >= 4 is 61.1 Å². The second kappa shape index (κ2) is 14.7. The summed E-state index contributed by atoms with van der Waals surface area (Å²) in [6, 6.07) is 81.9. The highest BCUT2D eigenvalue weighted by Gasteiger charge is 2.60. The van der Waals surface area contributed by atoms with Gasteiger partial charge in [-0.15, -0.1) is 0 Å². The molecule has 4 nitrogen and oxygen atoms in total. The molecule has 2 aromatic heterocycles. The van der Waals surface area contributed by atoms with Crippen molar-refractivity contribution in [3.63, 3.8) is 0 Å². The molecule has 10 aromatic carbocycles. The fourth-order valence-corrected chi connectivity index (χ4v) is 15.3. The molecule has 5 aliphatic rings. The van der Waals surface area contributed by atoms with Crippen molar-refractivity contribution in [3.8, 4) is 44.8 Å². The number of hydrogen-bond acceptors (Lipinski definition) is 1. The summed E-state index contributed by atoms with van der Waals surface area (Å²) in [6.07, 6.45) is 5.09. The Hall–Kier alpha value is -9.31. The summed E-state index contributed by atoms with van der Waals surface area (Å²) in [7, 11) is 0. The third-order valence-corrected chi connectivity index (χ3v) is 18.0. The molecule has 1 aliphatic heterocycles. The van der Waals surface area contributed by atoms with Crippen molar-refractivity contribution in [1.29, 1.82) is 0 Å². The number of para-hydroxylation sites is 2. The van der Waals surface area contributed by atoms with Gasteiger partial charge in [0.1, 0.15) is 0 Å². The van der Waals surface area contributed by atoms with E-state index in [-0.39, 0.29) is 0 Å². The predicted octanol–water partition coefficient (Wildman–Crippen LogP) is 15.2. The Labute approximate surface area is 434 Å². The average molecular weight is 956 g/mol. The molecule has 0 unspecified atom stereocenters.